The highest BCUT2D eigenvalue weighted by Gasteiger charge is 2.33. The second-order valence-corrected chi connectivity index (χ2v) is 5.31. The largest absolute Gasteiger partial charge is 0.433 e. The number of carbonyl (C=O) groups excluding carboxylic acids is 2. The SMILES string of the molecule is Cc1nc(C(F)(F)F)ccc1C(=O)NC1CCN(C)C(=O)C1. The molecular weight excluding hydrogens is 299 g/mol. The molecule has 0 bridgehead atoms. The summed E-state index contributed by atoms with van der Waals surface area (Å²) in [6.07, 6.45) is -3.74. The summed E-state index contributed by atoms with van der Waals surface area (Å²) in [7, 11) is 1.68. The third kappa shape index (κ3) is 3.55. The van der Waals surface area contributed by atoms with Gasteiger partial charge in [-0.2, -0.15) is 13.2 Å². The van der Waals surface area contributed by atoms with Crippen LogP contribution < -0.4 is 5.32 Å². The van der Waals surface area contributed by atoms with Gasteiger partial charge >= 0.3 is 6.18 Å². The van der Waals surface area contributed by atoms with E-state index < -0.39 is 17.8 Å². The van der Waals surface area contributed by atoms with Crippen LogP contribution in [0.4, 0.5) is 13.2 Å². The minimum Gasteiger partial charge on any atom is -0.349 e. The van der Waals surface area contributed by atoms with Gasteiger partial charge in [0.1, 0.15) is 5.69 Å². The van der Waals surface area contributed by atoms with E-state index in [0.717, 1.165) is 12.1 Å². The molecule has 0 spiro atoms. The Labute approximate surface area is 125 Å². The van der Waals surface area contributed by atoms with Crippen molar-refractivity contribution in [2.24, 2.45) is 0 Å². The molecule has 22 heavy (non-hydrogen) atoms. The number of nitrogens with zero attached hydrogens (tertiary/aromatic N) is 2. The zero-order chi connectivity index (χ0) is 16.5. The maximum atomic E-state index is 12.5. The number of carbonyl (C=O) groups is 2. The summed E-state index contributed by atoms with van der Waals surface area (Å²) in [6.45, 7) is 1.89. The van der Waals surface area contributed by atoms with Gasteiger partial charge in [0.25, 0.3) is 5.91 Å². The van der Waals surface area contributed by atoms with E-state index in [1.54, 1.807) is 11.9 Å². The minimum atomic E-state index is -4.54. The van der Waals surface area contributed by atoms with E-state index in [2.05, 4.69) is 10.3 Å². The Bertz CT molecular complexity index is 601. The molecule has 1 atom stereocenters. The van der Waals surface area contributed by atoms with Crippen molar-refractivity contribution < 1.29 is 22.8 Å². The number of rotatable bonds is 2. The van der Waals surface area contributed by atoms with Crippen molar-refractivity contribution in [1.29, 1.82) is 0 Å². The lowest BCUT2D eigenvalue weighted by molar-refractivity contribution is -0.141. The number of nitrogens with one attached hydrogen (secondary N) is 1. The lowest BCUT2D eigenvalue weighted by Gasteiger charge is -2.29. The molecule has 1 N–H and O–H groups in total. The summed E-state index contributed by atoms with van der Waals surface area (Å²) in [4.78, 5) is 28.7. The van der Waals surface area contributed by atoms with E-state index in [1.807, 2.05) is 0 Å². The van der Waals surface area contributed by atoms with Crippen molar-refractivity contribution in [3.8, 4) is 0 Å². The molecule has 0 saturated carbocycles. The van der Waals surface area contributed by atoms with Gasteiger partial charge in [0.2, 0.25) is 5.91 Å². The van der Waals surface area contributed by atoms with Crippen molar-refractivity contribution in [3.63, 3.8) is 0 Å². The summed E-state index contributed by atoms with van der Waals surface area (Å²) < 4.78 is 37.6. The maximum absolute atomic E-state index is 12.5. The second kappa shape index (κ2) is 5.94. The lowest BCUT2D eigenvalue weighted by Crippen LogP contribution is -2.46. The molecule has 1 aliphatic rings. The third-order valence-corrected chi connectivity index (χ3v) is 3.62. The molecule has 8 heteroatoms. The fraction of sp³-hybridized carbons (Fsp3) is 0.500. The first-order chi connectivity index (χ1) is 10.2. The van der Waals surface area contributed by atoms with Crippen LogP contribution in [-0.4, -0.2) is 41.3 Å². The molecule has 120 valence electrons. The topological polar surface area (TPSA) is 62.3 Å². The predicted molar refractivity (Wildman–Crippen MR) is 72.1 cm³/mol. The Morgan fingerprint density at radius 2 is 2.09 bits per heavy atom. The highest BCUT2D eigenvalue weighted by atomic mass is 19.4. The van der Waals surface area contributed by atoms with Gasteiger partial charge in [-0.25, -0.2) is 4.98 Å². The summed E-state index contributed by atoms with van der Waals surface area (Å²) in [6, 6.07) is 1.58. The number of hydrogen-bond acceptors (Lipinski definition) is 3. The number of aryl methyl sites for hydroxylation is 1. The van der Waals surface area contributed by atoms with Gasteiger partial charge in [-0.3, -0.25) is 9.59 Å². The summed E-state index contributed by atoms with van der Waals surface area (Å²) in [5, 5.41) is 2.68. The van der Waals surface area contributed by atoms with Crippen LogP contribution in [0, 0.1) is 6.92 Å². The molecule has 2 amide bonds. The number of amides is 2. The van der Waals surface area contributed by atoms with Crippen molar-refractivity contribution in [2.45, 2.75) is 32.0 Å². The van der Waals surface area contributed by atoms with Gasteiger partial charge in [0.05, 0.1) is 11.3 Å². The van der Waals surface area contributed by atoms with Crippen LogP contribution in [0.3, 0.4) is 0 Å². The van der Waals surface area contributed by atoms with Gasteiger partial charge in [-0.05, 0) is 25.5 Å². The summed E-state index contributed by atoms with van der Waals surface area (Å²) >= 11 is 0. The zero-order valence-electron chi connectivity index (χ0n) is 12.2. The van der Waals surface area contributed by atoms with E-state index in [-0.39, 0.29) is 29.6 Å². The van der Waals surface area contributed by atoms with Gasteiger partial charge in [0.15, 0.2) is 0 Å². The summed E-state index contributed by atoms with van der Waals surface area (Å²) in [5.74, 6) is -0.583. The van der Waals surface area contributed by atoms with Gasteiger partial charge in [-0.15, -0.1) is 0 Å². The van der Waals surface area contributed by atoms with Gasteiger partial charge in [0, 0.05) is 26.1 Å². The first-order valence-corrected chi connectivity index (χ1v) is 6.78. The first-order valence-electron chi connectivity index (χ1n) is 6.78. The predicted octanol–water partition coefficient (Wildman–Crippen LogP) is 1.76. The lowest BCUT2D eigenvalue weighted by atomic mass is 10.0. The molecule has 0 aromatic carbocycles. The molecule has 1 unspecified atom stereocenters. The van der Waals surface area contributed by atoms with E-state index >= 15 is 0 Å². The molecule has 2 heterocycles. The average Bonchev–Trinajstić information content (AvgIpc) is 2.41. The molecule has 2 rings (SSSR count). The van der Waals surface area contributed by atoms with Crippen LogP contribution >= 0.6 is 0 Å². The van der Waals surface area contributed by atoms with Crippen LogP contribution in [0.5, 0.6) is 0 Å². The van der Waals surface area contributed by atoms with E-state index in [1.165, 1.54) is 6.92 Å². The molecule has 5 nitrogen and oxygen atoms in total. The number of pyridine rings is 1. The Hall–Kier alpha value is -2.12. The monoisotopic (exact) mass is 315 g/mol. The molecule has 1 aromatic rings. The van der Waals surface area contributed by atoms with Crippen molar-refractivity contribution in [2.75, 3.05) is 13.6 Å². The number of piperidine rings is 1. The van der Waals surface area contributed by atoms with Crippen LogP contribution in [0.15, 0.2) is 12.1 Å². The normalized spacial score (nSPS) is 19.2. The molecule has 0 aliphatic carbocycles. The average molecular weight is 315 g/mol. The number of halogens is 3. The van der Waals surface area contributed by atoms with Crippen LogP contribution in [-0.2, 0) is 11.0 Å². The number of hydrogen-bond donors (Lipinski definition) is 1. The van der Waals surface area contributed by atoms with E-state index in [9.17, 15) is 22.8 Å². The fourth-order valence-electron chi connectivity index (χ4n) is 2.29. The number of aromatic nitrogens is 1. The van der Waals surface area contributed by atoms with Gasteiger partial charge < -0.3 is 10.2 Å². The Kier molecular flexibility index (Phi) is 4.39. The minimum absolute atomic E-state index is 0.00609. The molecule has 1 aliphatic heterocycles. The zero-order valence-corrected chi connectivity index (χ0v) is 12.2. The smallest absolute Gasteiger partial charge is 0.349 e. The van der Waals surface area contributed by atoms with Crippen LogP contribution in [0.25, 0.3) is 0 Å². The van der Waals surface area contributed by atoms with Gasteiger partial charge in [-0.1, -0.05) is 0 Å². The molecule has 1 saturated heterocycles. The van der Waals surface area contributed by atoms with E-state index in [0.29, 0.717) is 13.0 Å². The summed E-state index contributed by atoms with van der Waals surface area (Å²) in [5.41, 5.74) is -0.943. The number of alkyl halides is 3. The van der Waals surface area contributed by atoms with Crippen molar-refractivity contribution in [1.82, 2.24) is 15.2 Å². The van der Waals surface area contributed by atoms with Crippen LogP contribution in [0.2, 0.25) is 0 Å². The maximum Gasteiger partial charge on any atom is 0.433 e. The Morgan fingerprint density at radius 1 is 1.41 bits per heavy atom. The van der Waals surface area contributed by atoms with Crippen molar-refractivity contribution >= 4 is 11.8 Å². The highest BCUT2D eigenvalue weighted by molar-refractivity contribution is 5.95. The van der Waals surface area contributed by atoms with Crippen molar-refractivity contribution in [3.05, 3.63) is 29.1 Å². The molecular formula is C14H16F3N3O2. The number of likely N-dealkylation sites (tertiary alicyclic amines) is 1. The van der Waals surface area contributed by atoms with Crippen LogP contribution in [0.1, 0.15) is 34.6 Å². The third-order valence-electron chi connectivity index (χ3n) is 3.62. The second-order valence-electron chi connectivity index (χ2n) is 5.31. The highest BCUT2D eigenvalue weighted by Crippen LogP contribution is 2.28. The molecule has 1 fully saturated rings. The molecule has 1 aromatic heterocycles. The first kappa shape index (κ1) is 16.3. The molecule has 0 radical (unpaired) electrons. The fourth-order valence-corrected chi connectivity index (χ4v) is 2.29. The standard InChI is InChI=1S/C14H16F3N3O2/c1-8-10(3-4-11(18-8)14(15,16)17)13(22)19-9-5-6-20(2)12(21)7-9/h3-4,9H,5-7H2,1-2H3,(H,19,22). The Balaban J connectivity index is 2.09. The van der Waals surface area contributed by atoms with E-state index in [4.69, 9.17) is 0 Å². The Morgan fingerprint density at radius 3 is 2.64 bits per heavy atom. The quantitative estimate of drug-likeness (QED) is 0.904.